The van der Waals surface area contributed by atoms with Crippen molar-refractivity contribution in [3.63, 3.8) is 0 Å². The minimum Gasteiger partial charge on any atom is -0.392 e. The molecule has 0 unspecified atom stereocenters. The summed E-state index contributed by atoms with van der Waals surface area (Å²) >= 11 is 5.65. The van der Waals surface area contributed by atoms with Crippen molar-refractivity contribution < 1.29 is 17.9 Å². The van der Waals surface area contributed by atoms with Gasteiger partial charge >= 0.3 is 0 Å². The molecule has 1 N–H and O–H groups in total. The molecule has 1 saturated heterocycles. The van der Waals surface area contributed by atoms with Gasteiger partial charge in [0.05, 0.1) is 16.0 Å². The molecule has 1 aromatic rings. The maximum Gasteiger partial charge on any atom is 0.243 e. The van der Waals surface area contributed by atoms with Gasteiger partial charge in [-0.05, 0) is 25.1 Å². The van der Waals surface area contributed by atoms with Crippen LogP contribution < -0.4 is 0 Å². The quantitative estimate of drug-likeness (QED) is 0.896. The summed E-state index contributed by atoms with van der Waals surface area (Å²) in [6.45, 7) is 4.01. The Morgan fingerprint density at radius 1 is 1.33 bits per heavy atom. The van der Waals surface area contributed by atoms with Crippen molar-refractivity contribution in [2.24, 2.45) is 0 Å². The Bertz CT molecular complexity index is 601. The number of aliphatic hydroxyl groups is 1. The van der Waals surface area contributed by atoms with Crippen molar-refractivity contribution in [1.29, 1.82) is 0 Å². The third kappa shape index (κ3) is 3.92. The van der Waals surface area contributed by atoms with Gasteiger partial charge in [0.2, 0.25) is 10.0 Å². The molecule has 8 heteroatoms. The Balaban J connectivity index is 2.09. The fourth-order valence-electron chi connectivity index (χ4n) is 2.31. The molecule has 0 bridgehead atoms. The van der Waals surface area contributed by atoms with Crippen molar-refractivity contribution in [3.05, 3.63) is 29.0 Å². The van der Waals surface area contributed by atoms with Crippen LogP contribution in [0, 0.1) is 5.82 Å². The molecule has 1 heterocycles. The van der Waals surface area contributed by atoms with Crippen molar-refractivity contribution in [2.45, 2.75) is 17.9 Å². The summed E-state index contributed by atoms with van der Waals surface area (Å²) in [7, 11) is -3.66. The molecule has 0 aromatic heterocycles. The number of benzene rings is 1. The summed E-state index contributed by atoms with van der Waals surface area (Å²) in [5.74, 6) is -0.641. The molecule has 21 heavy (non-hydrogen) atoms. The fraction of sp³-hybridized carbons (Fsp3) is 0.538. The Morgan fingerprint density at radius 3 is 2.48 bits per heavy atom. The molecule has 1 fully saturated rings. The molecule has 0 amide bonds. The van der Waals surface area contributed by atoms with E-state index in [9.17, 15) is 17.9 Å². The number of sulfonamides is 1. The largest absolute Gasteiger partial charge is 0.392 e. The topological polar surface area (TPSA) is 60.9 Å². The lowest BCUT2D eigenvalue weighted by molar-refractivity contribution is 0.103. The Hall–Kier alpha value is -0.730. The van der Waals surface area contributed by atoms with E-state index in [0.29, 0.717) is 32.7 Å². The van der Waals surface area contributed by atoms with Crippen LogP contribution >= 0.6 is 11.6 Å². The summed E-state index contributed by atoms with van der Waals surface area (Å²) in [5.41, 5.74) is 0. The third-order valence-electron chi connectivity index (χ3n) is 3.38. The van der Waals surface area contributed by atoms with Crippen LogP contribution in [0.1, 0.15) is 6.92 Å². The zero-order chi connectivity index (χ0) is 15.6. The van der Waals surface area contributed by atoms with E-state index in [-0.39, 0.29) is 9.92 Å². The van der Waals surface area contributed by atoms with Crippen LogP contribution in [-0.2, 0) is 10.0 Å². The molecule has 2 rings (SSSR count). The molecule has 1 aliphatic heterocycles. The van der Waals surface area contributed by atoms with Crippen molar-refractivity contribution in [2.75, 3.05) is 32.7 Å². The maximum atomic E-state index is 13.1. The number of rotatable bonds is 4. The molecular formula is C13H18ClFN2O3S. The first-order chi connectivity index (χ1) is 9.80. The Kier molecular flexibility index (Phi) is 5.21. The summed E-state index contributed by atoms with van der Waals surface area (Å²) < 4.78 is 39.4. The number of aliphatic hydroxyl groups excluding tert-OH is 1. The SMILES string of the molecule is C[C@H](O)CN1CCN(S(=O)(=O)c2ccc(F)c(Cl)c2)CC1. The van der Waals surface area contributed by atoms with Gasteiger partial charge in [-0.25, -0.2) is 12.8 Å². The third-order valence-corrected chi connectivity index (χ3v) is 5.57. The van der Waals surface area contributed by atoms with Crippen LogP contribution in [0.3, 0.4) is 0 Å². The minimum atomic E-state index is -3.66. The molecule has 1 aromatic carbocycles. The highest BCUT2D eigenvalue weighted by atomic mass is 35.5. The minimum absolute atomic E-state index is 0.00197. The Labute approximate surface area is 129 Å². The zero-order valence-electron chi connectivity index (χ0n) is 11.7. The first kappa shape index (κ1) is 16.6. The number of halogens is 2. The molecular weight excluding hydrogens is 319 g/mol. The van der Waals surface area contributed by atoms with E-state index in [1.54, 1.807) is 6.92 Å². The molecule has 0 radical (unpaired) electrons. The first-order valence-electron chi connectivity index (χ1n) is 6.66. The monoisotopic (exact) mass is 336 g/mol. The van der Waals surface area contributed by atoms with Crippen LogP contribution in [0.2, 0.25) is 5.02 Å². The second kappa shape index (κ2) is 6.58. The number of β-amino-alcohol motifs (C(OH)–C–C–N with tert-alkyl or cyclic N) is 1. The molecule has 1 atom stereocenters. The summed E-state index contributed by atoms with van der Waals surface area (Å²) in [5, 5.41) is 9.14. The molecule has 0 spiro atoms. The van der Waals surface area contributed by atoms with E-state index in [1.807, 2.05) is 4.90 Å². The van der Waals surface area contributed by atoms with Crippen LogP contribution in [0.15, 0.2) is 23.1 Å². The van der Waals surface area contributed by atoms with Gasteiger partial charge in [-0.15, -0.1) is 0 Å². The standard InChI is InChI=1S/C13H18ClFN2O3S/c1-10(18)9-16-4-6-17(7-5-16)21(19,20)11-2-3-13(15)12(14)8-11/h2-3,8,10,18H,4-7,9H2,1H3/t10-/m0/s1. The lowest BCUT2D eigenvalue weighted by Crippen LogP contribution is -2.50. The number of hydrogen-bond acceptors (Lipinski definition) is 4. The average Bonchev–Trinajstić information content (AvgIpc) is 2.41. The van der Waals surface area contributed by atoms with Crippen LogP contribution in [-0.4, -0.2) is 61.6 Å². The molecule has 0 saturated carbocycles. The normalized spacial score (nSPS) is 19.6. The van der Waals surface area contributed by atoms with Crippen molar-refractivity contribution in [3.8, 4) is 0 Å². The summed E-state index contributed by atoms with van der Waals surface area (Å²) in [6, 6.07) is 3.41. The predicted molar refractivity (Wildman–Crippen MR) is 78.3 cm³/mol. The van der Waals surface area contributed by atoms with Gasteiger partial charge < -0.3 is 5.11 Å². The second-order valence-electron chi connectivity index (χ2n) is 5.13. The highest BCUT2D eigenvalue weighted by Gasteiger charge is 2.29. The molecule has 1 aliphatic rings. The van der Waals surface area contributed by atoms with E-state index in [2.05, 4.69) is 0 Å². The van der Waals surface area contributed by atoms with Crippen molar-refractivity contribution in [1.82, 2.24) is 9.21 Å². The summed E-state index contributed by atoms with van der Waals surface area (Å²) in [4.78, 5) is 2.01. The lowest BCUT2D eigenvalue weighted by atomic mass is 10.3. The van der Waals surface area contributed by atoms with E-state index < -0.39 is 21.9 Å². The van der Waals surface area contributed by atoms with E-state index >= 15 is 0 Å². The fourth-order valence-corrected chi connectivity index (χ4v) is 4.01. The van der Waals surface area contributed by atoms with Gasteiger partial charge in [-0.1, -0.05) is 11.6 Å². The lowest BCUT2D eigenvalue weighted by Gasteiger charge is -2.34. The summed E-state index contributed by atoms with van der Waals surface area (Å²) in [6.07, 6.45) is -0.441. The molecule has 5 nitrogen and oxygen atoms in total. The van der Waals surface area contributed by atoms with Crippen LogP contribution in [0.25, 0.3) is 0 Å². The van der Waals surface area contributed by atoms with E-state index in [4.69, 9.17) is 11.6 Å². The second-order valence-corrected chi connectivity index (χ2v) is 7.47. The zero-order valence-corrected chi connectivity index (χ0v) is 13.2. The average molecular weight is 337 g/mol. The maximum absolute atomic E-state index is 13.1. The molecule has 118 valence electrons. The van der Waals surface area contributed by atoms with E-state index in [1.165, 1.54) is 10.4 Å². The van der Waals surface area contributed by atoms with Gasteiger partial charge in [-0.3, -0.25) is 4.90 Å². The number of hydrogen-bond donors (Lipinski definition) is 1. The van der Waals surface area contributed by atoms with Crippen LogP contribution in [0.4, 0.5) is 4.39 Å². The van der Waals surface area contributed by atoms with Gasteiger partial charge in [-0.2, -0.15) is 4.31 Å². The van der Waals surface area contributed by atoms with E-state index in [0.717, 1.165) is 12.1 Å². The Morgan fingerprint density at radius 2 is 1.95 bits per heavy atom. The van der Waals surface area contributed by atoms with Gasteiger partial charge in [0.15, 0.2) is 0 Å². The predicted octanol–water partition coefficient (Wildman–Crippen LogP) is 1.17. The smallest absolute Gasteiger partial charge is 0.243 e. The number of piperazine rings is 1. The highest BCUT2D eigenvalue weighted by molar-refractivity contribution is 7.89. The number of nitrogens with zero attached hydrogens (tertiary/aromatic N) is 2. The van der Waals surface area contributed by atoms with Crippen molar-refractivity contribution >= 4 is 21.6 Å². The van der Waals surface area contributed by atoms with Gasteiger partial charge in [0.1, 0.15) is 5.82 Å². The first-order valence-corrected chi connectivity index (χ1v) is 8.48. The van der Waals surface area contributed by atoms with Crippen LogP contribution in [0.5, 0.6) is 0 Å². The van der Waals surface area contributed by atoms with Gasteiger partial charge in [0.25, 0.3) is 0 Å². The highest BCUT2D eigenvalue weighted by Crippen LogP contribution is 2.23. The van der Waals surface area contributed by atoms with Gasteiger partial charge in [0, 0.05) is 32.7 Å². The molecule has 0 aliphatic carbocycles.